The van der Waals surface area contributed by atoms with Crippen molar-refractivity contribution in [2.45, 2.75) is 64.4 Å². The Morgan fingerprint density at radius 1 is 1.44 bits per heavy atom. The molecule has 0 aromatic carbocycles. The average molecular weight is 253 g/mol. The lowest BCUT2D eigenvalue weighted by Gasteiger charge is -2.40. The first-order valence-electron chi connectivity index (χ1n) is 7.44. The maximum Gasteiger partial charge on any atom is 0.143 e. The molecule has 0 amide bonds. The van der Waals surface area contributed by atoms with E-state index in [1.807, 2.05) is 6.92 Å². The van der Waals surface area contributed by atoms with Gasteiger partial charge in [-0.3, -0.25) is 4.79 Å². The van der Waals surface area contributed by atoms with E-state index in [1.54, 1.807) is 0 Å². The molecule has 3 heteroatoms. The number of carbonyl (C=O) groups excluding carboxylic acids is 1. The summed E-state index contributed by atoms with van der Waals surface area (Å²) in [7, 11) is 0. The van der Waals surface area contributed by atoms with Gasteiger partial charge in [-0.2, -0.15) is 0 Å². The first-order valence-corrected chi connectivity index (χ1v) is 7.44. The van der Waals surface area contributed by atoms with E-state index in [9.17, 15) is 4.79 Å². The van der Waals surface area contributed by atoms with Crippen molar-refractivity contribution < 1.29 is 9.53 Å². The Morgan fingerprint density at radius 2 is 2.11 bits per heavy atom. The number of Topliss-reactive ketones (excluding diaryl/α,β-unsaturated/α-hetero) is 1. The zero-order chi connectivity index (χ0) is 13.2. The van der Waals surface area contributed by atoms with Crippen LogP contribution in [0.25, 0.3) is 0 Å². The molecule has 0 aromatic rings. The highest BCUT2D eigenvalue weighted by atomic mass is 16.5. The minimum atomic E-state index is -0.332. The number of hydrogen-bond acceptors (Lipinski definition) is 3. The van der Waals surface area contributed by atoms with Crippen molar-refractivity contribution in [2.75, 3.05) is 13.2 Å². The fraction of sp³-hybridized carbons (Fsp3) is 0.933. The number of ether oxygens (including phenoxy) is 1. The number of carbonyl (C=O) groups is 1. The van der Waals surface area contributed by atoms with Gasteiger partial charge in [-0.1, -0.05) is 26.7 Å². The fourth-order valence-electron chi connectivity index (χ4n) is 3.53. The van der Waals surface area contributed by atoms with Gasteiger partial charge in [0.2, 0.25) is 0 Å². The van der Waals surface area contributed by atoms with Crippen LogP contribution in [0.5, 0.6) is 0 Å². The smallest absolute Gasteiger partial charge is 0.143 e. The van der Waals surface area contributed by atoms with Crippen molar-refractivity contribution in [1.29, 1.82) is 0 Å². The summed E-state index contributed by atoms with van der Waals surface area (Å²) in [6.45, 7) is 5.30. The minimum absolute atomic E-state index is 0.0296. The Morgan fingerprint density at radius 3 is 2.67 bits per heavy atom. The van der Waals surface area contributed by atoms with Crippen molar-refractivity contribution in [3.05, 3.63) is 0 Å². The maximum absolute atomic E-state index is 12.7. The first kappa shape index (κ1) is 14.0. The van der Waals surface area contributed by atoms with Crippen LogP contribution in [0.3, 0.4) is 0 Å². The highest BCUT2D eigenvalue weighted by Gasteiger charge is 2.45. The van der Waals surface area contributed by atoms with E-state index < -0.39 is 0 Å². The van der Waals surface area contributed by atoms with Gasteiger partial charge >= 0.3 is 0 Å². The van der Waals surface area contributed by atoms with Crippen LogP contribution >= 0.6 is 0 Å². The second kappa shape index (κ2) is 5.30. The molecule has 0 bridgehead atoms. The molecule has 1 saturated carbocycles. The number of hydrogen-bond donors (Lipinski definition) is 1. The molecule has 1 saturated heterocycles. The lowest BCUT2D eigenvalue weighted by Crippen LogP contribution is -2.46. The van der Waals surface area contributed by atoms with Crippen LogP contribution in [-0.4, -0.2) is 24.5 Å². The molecule has 104 valence electrons. The summed E-state index contributed by atoms with van der Waals surface area (Å²) >= 11 is 0. The van der Waals surface area contributed by atoms with E-state index in [0.29, 0.717) is 12.3 Å². The van der Waals surface area contributed by atoms with Gasteiger partial charge in [0, 0.05) is 24.5 Å². The second-order valence-corrected chi connectivity index (χ2v) is 6.41. The molecule has 0 aromatic heterocycles. The summed E-state index contributed by atoms with van der Waals surface area (Å²) in [5.74, 6) is 0.549. The summed E-state index contributed by atoms with van der Waals surface area (Å²) in [6.07, 6.45) is 7.44. The summed E-state index contributed by atoms with van der Waals surface area (Å²) in [6, 6.07) is 0. The van der Waals surface area contributed by atoms with E-state index in [4.69, 9.17) is 10.5 Å². The SMILES string of the molecule is CCC(C)(CN)C(=O)C1CCOC2(CCCC2)C1. The van der Waals surface area contributed by atoms with Crippen molar-refractivity contribution >= 4 is 5.78 Å². The van der Waals surface area contributed by atoms with E-state index >= 15 is 0 Å². The topological polar surface area (TPSA) is 52.3 Å². The third-order valence-corrected chi connectivity index (χ3v) is 5.20. The van der Waals surface area contributed by atoms with Crippen molar-refractivity contribution in [2.24, 2.45) is 17.1 Å². The zero-order valence-electron chi connectivity index (χ0n) is 11.8. The number of nitrogens with two attached hydrogens (primary N) is 1. The van der Waals surface area contributed by atoms with E-state index in [0.717, 1.165) is 38.7 Å². The Hall–Kier alpha value is -0.410. The molecule has 1 spiro atoms. The lowest BCUT2D eigenvalue weighted by atomic mass is 9.72. The second-order valence-electron chi connectivity index (χ2n) is 6.41. The van der Waals surface area contributed by atoms with E-state index in [-0.39, 0.29) is 16.9 Å². The predicted octanol–water partition coefficient (Wildman–Crippen LogP) is 2.67. The number of ketones is 1. The van der Waals surface area contributed by atoms with Crippen LogP contribution in [0.2, 0.25) is 0 Å². The molecule has 2 unspecified atom stereocenters. The lowest BCUT2D eigenvalue weighted by molar-refractivity contribution is -0.144. The molecular formula is C15H27NO2. The summed E-state index contributed by atoms with van der Waals surface area (Å²) in [5, 5.41) is 0. The van der Waals surface area contributed by atoms with E-state index in [1.165, 1.54) is 12.8 Å². The van der Waals surface area contributed by atoms with Gasteiger partial charge in [0.1, 0.15) is 5.78 Å². The third kappa shape index (κ3) is 2.48. The Balaban J connectivity index is 2.06. The standard InChI is InChI=1S/C15H27NO2/c1-3-14(2,11-16)13(17)12-6-9-18-15(10-12)7-4-5-8-15/h12H,3-11,16H2,1-2H3. The summed E-state index contributed by atoms with van der Waals surface area (Å²) in [4.78, 5) is 12.7. The van der Waals surface area contributed by atoms with E-state index in [2.05, 4.69) is 6.92 Å². The third-order valence-electron chi connectivity index (χ3n) is 5.20. The molecule has 2 aliphatic rings. The molecule has 0 radical (unpaired) electrons. The van der Waals surface area contributed by atoms with Crippen molar-refractivity contribution in [1.82, 2.24) is 0 Å². The van der Waals surface area contributed by atoms with Gasteiger partial charge in [-0.15, -0.1) is 0 Å². The molecule has 2 rings (SSSR count). The van der Waals surface area contributed by atoms with Crippen LogP contribution in [0.4, 0.5) is 0 Å². The Labute approximate surface area is 110 Å². The molecule has 3 nitrogen and oxygen atoms in total. The van der Waals surface area contributed by atoms with Crippen LogP contribution < -0.4 is 5.73 Å². The normalized spacial score (nSPS) is 30.3. The summed E-state index contributed by atoms with van der Waals surface area (Å²) in [5.41, 5.74) is 5.52. The van der Waals surface area contributed by atoms with Gasteiger partial charge in [-0.25, -0.2) is 0 Å². The van der Waals surface area contributed by atoms with Crippen LogP contribution in [0.15, 0.2) is 0 Å². The molecule has 1 aliphatic carbocycles. The first-order chi connectivity index (χ1) is 8.55. The molecule has 1 heterocycles. The van der Waals surface area contributed by atoms with Gasteiger partial charge in [0.25, 0.3) is 0 Å². The zero-order valence-corrected chi connectivity index (χ0v) is 11.8. The molecule has 1 aliphatic heterocycles. The Kier molecular flexibility index (Phi) is 4.12. The molecular weight excluding hydrogens is 226 g/mol. The maximum atomic E-state index is 12.7. The highest BCUT2D eigenvalue weighted by Crippen LogP contribution is 2.44. The van der Waals surface area contributed by atoms with Crippen LogP contribution in [-0.2, 0) is 9.53 Å². The average Bonchev–Trinajstić information content (AvgIpc) is 2.85. The van der Waals surface area contributed by atoms with Gasteiger partial charge in [-0.05, 0) is 32.1 Å². The van der Waals surface area contributed by atoms with Crippen LogP contribution in [0, 0.1) is 11.3 Å². The Bertz CT molecular complexity index is 304. The van der Waals surface area contributed by atoms with Gasteiger partial charge in [0.15, 0.2) is 0 Å². The monoisotopic (exact) mass is 253 g/mol. The van der Waals surface area contributed by atoms with Crippen molar-refractivity contribution in [3.8, 4) is 0 Å². The highest BCUT2D eigenvalue weighted by molar-refractivity contribution is 5.87. The molecule has 2 N–H and O–H groups in total. The predicted molar refractivity (Wildman–Crippen MR) is 72.3 cm³/mol. The largest absolute Gasteiger partial charge is 0.375 e. The molecule has 2 atom stereocenters. The van der Waals surface area contributed by atoms with Gasteiger partial charge in [0.05, 0.1) is 5.60 Å². The quantitative estimate of drug-likeness (QED) is 0.838. The minimum Gasteiger partial charge on any atom is -0.375 e. The molecule has 2 fully saturated rings. The van der Waals surface area contributed by atoms with Crippen LogP contribution in [0.1, 0.15) is 58.8 Å². The van der Waals surface area contributed by atoms with Gasteiger partial charge < -0.3 is 10.5 Å². The fourth-order valence-corrected chi connectivity index (χ4v) is 3.53. The molecule has 18 heavy (non-hydrogen) atoms. The van der Waals surface area contributed by atoms with Crippen molar-refractivity contribution in [3.63, 3.8) is 0 Å². The number of rotatable bonds is 4. The summed E-state index contributed by atoms with van der Waals surface area (Å²) < 4.78 is 6.00.